The zero-order chi connectivity index (χ0) is 16.0. The molecule has 0 aromatic heterocycles. The molecule has 23 heavy (non-hydrogen) atoms. The van der Waals surface area contributed by atoms with Crippen LogP contribution in [0.2, 0.25) is 0 Å². The average Bonchev–Trinajstić information content (AvgIpc) is 3.04. The van der Waals surface area contributed by atoms with E-state index in [2.05, 4.69) is 17.5 Å². The third-order valence-electron chi connectivity index (χ3n) is 4.86. The first-order chi connectivity index (χ1) is 11.2. The number of nitrogens with one attached hydrogen (secondary N) is 1. The normalized spacial score (nSPS) is 24.7. The number of allylic oxidation sites excluding steroid dienone is 2. The molecule has 1 heterocycles. The van der Waals surface area contributed by atoms with Crippen LogP contribution in [0.15, 0.2) is 54.6 Å². The number of hydrogen-bond acceptors (Lipinski definition) is 3. The predicted molar refractivity (Wildman–Crippen MR) is 83.5 cm³/mol. The number of carboxylic acid groups (broad SMARTS) is 1. The summed E-state index contributed by atoms with van der Waals surface area (Å²) in [6.07, 6.45) is 5.02. The van der Waals surface area contributed by atoms with Gasteiger partial charge in [-0.1, -0.05) is 48.6 Å². The van der Waals surface area contributed by atoms with E-state index in [1.54, 1.807) is 24.3 Å². The fourth-order valence-electron chi connectivity index (χ4n) is 3.83. The molecule has 2 aromatic carbocycles. The second-order valence-corrected chi connectivity index (χ2v) is 6.05. The average molecular weight is 308 g/mol. The van der Waals surface area contributed by atoms with Crippen molar-refractivity contribution >= 4 is 11.7 Å². The van der Waals surface area contributed by atoms with E-state index in [9.17, 15) is 14.3 Å². The van der Waals surface area contributed by atoms with Crippen molar-refractivity contribution in [1.29, 1.82) is 0 Å². The number of halogens is 1. The minimum atomic E-state index is -1.22. The number of carboxylic acids is 1. The van der Waals surface area contributed by atoms with Crippen molar-refractivity contribution in [3.63, 3.8) is 0 Å². The molecule has 4 rings (SSSR count). The van der Waals surface area contributed by atoms with Crippen LogP contribution in [0.1, 0.15) is 39.9 Å². The summed E-state index contributed by atoms with van der Waals surface area (Å²) in [6, 6.07) is 11.6. The second-order valence-electron chi connectivity index (χ2n) is 6.05. The molecule has 1 aliphatic heterocycles. The zero-order valence-corrected chi connectivity index (χ0v) is 12.3. The van der Waals surface area contributed by atoms with Crippen molar-refractivity contribution in [3.05, 3.63) is 77.1 Å². The fourth-order valence-corrected chi connectivity index (χ4v) is 3.83. The molecule has 0 saturated heterocycles. The van der Waals surface area contributed by atoms with E-state index in [4.69, 9.17) is 0 Å². The molecule has 1 aliphatic carbocycles. The number of carbonyl (C=O) groups is 1. The van der Waals surface area contributed by atoms with E-state index in [-0.39, 0.29) is 29.3 Å². The van der Waals surface area contributed by atoms with Crippen molar-refractivity contribution < 1.29 is 14.3 Å². The van der Waals surface area contributed by atoms with Gasteiger partial charge in [0.25, 0.3) is 0 Å². The van der Waals surface area contributed by atoms with Crippen molar-refractivity contribution in [3.8, 4) is 0 Å². The smallest absolute Gasteiger partial charge is 0.128 e. The third-order valence-corrected chi connectivity index (χ3v) is 4.86. The van der Waals surface area contributed by atoms with Crippen LogP contribution in [0.4, 0.5) is 10.1 Å². The highest BCUT2D eigenvalue weighted by atomic mass is 19.1. The molecular formula is C19H15FNO2-. The SMILES string of the molecule is O=C([O-])c1cccc2c1N[C@@H](c1ccccc1F)[C@@H]1CC=C[C@H]21. The number of benzene rings is 2. The molecule has 116 valence electrons. The van der Waals surface area contributed by atoms with E-state index in [1.165, 1.54) is 12.1 Å². The van der Waals surface area contributed by atoms with Gasteiger partial charge >= 0.3 is 0 Å². The van der Waals surface area contributed by atoms with Crippen molar-refractivity contribution in [1.82, 2.24) is 0 Å². The Morgan fingerprint density at radius 1 is 1.13 bits per heavy atom. The Bertz CT molecular complexity index is 815. The molecule has 2 aliphatic rings. The maximum absolute atomic E-state index is 14.3. The molecule has 3 nitrogen and oxygen atoms in total. The van der Waals surface area contributed by atoms with Crippen LogP contribution in [-0.2, 0) is 0 Å². The Morgan fingerprint density at radius 2 is 1.91 bits per heavy atom. The highest BCUT2D eigenvalue weighted by molar-refractivity contribution is 5.94. The maximum atomic E-state index is 14.3. The van der Waals surface area contributed by atoms with Gasteiger partial charge in [-0.3, -0.25) is 0 Å². The van der Waals surface area contributed by atoms with E-state index in [1.807, 2.05) is 6.07 Å². The van der Waals surface area contributed by atoms with Crippen LogP contribution in [0.25, 0.3) is 0 Å². The van der Waals surface area contributed by atoms with Crippen molar-refractivity contribution in [2.45, 2.75) is 18.4 Å². The number of aromatic carboxylic acids is 1. The zero-order valence-electron chi connectivity index (χ0n) is 12.3. The summed E-state index contributed by atoms with van der Waals surface area (Å²) in [4.78, 5) is 11.4. The van der Waals surface area contributed by atoms with Crippen LogP contribution in [0.3, 0.4) is 0 Å². The van der Waals surface area contributed by atoms with E-state index >= 15 is 0 Å². The summed E-state index contributed by atoms with van der Waals surface area (Å²) in [7, 11) is 0. The van der Waals surface area contributed by atoms with Gasteiger partial charge in [-0.25, -0.2) is 4.39 Å². The maximum Gasteiger partial charge on any atom is 0.128 e. The molecule has 3 atom stereocenters. The topological polar surface area (TPSA) is 52.2 Å². The van der Waals surface area contributed by atoms with Crippen molar-refractivity contribution in [2.75, 3.05) is 5.32 Å². The van der Waals surface area contributed by atoms with E-state index in [0.29, 0.717) is 11.3 Å². The van der Waals surface area contributed by atoms with Gasteiger partial charge in [-0.15, -0.1) is 0 Å². The van der Waals surface area contributed by atoms with Crippen LogP contribution in [-0.4, -0.2) is 5.97 Å². The van der Waals surface area contributed by atoms with Crippen LogP contribution < -0.4 is 10.4 Å². The van der Waals surface area contributed by atoms with Gasteiger partial charge in [-0.2, -0.15) is 0 Å². The Kier molecular flexibility index (Phi) is 3.18. The molecule has 4 heteroatoms. The lowest BCUT2D eigenvalue weighted by atomic mass is 9.76. The van der Waals surface area contributed by atoms with Crippen molar-refractivity contribution in [2.24, 2.45) is 5.92 Å². The van der Waals surface area contributed by atoms with Gasteiger partial charge in [0, 0.05) is 22.7 Å². The Labute approximate surface area is 133 Å². The van der Waals surface area contributed by atoms with Gasteiger partial charge in [-0.05, 0) is 24.0 Å². The van der Waals surface area contributed by atoms with E-state index in [0.717, 1.165) is 12.0 Å². The number of para-hydroxylation sites is 1. The Balaban J connectivity index is 1.87. The molecule has 0 saturated carbocycles. The molecule has 0 unspecified atom stereocenters. The molecule has 0 fully saturated rings. The van der Waals surface area contributed by atoms with Gasteiger partial charge < -0.3 is 15.2 Å². The summed E-state index contributed by atoms with van der Waals surface area (Å²) < 4.78 is 14.3. The largest absolute Gasteiger partial charge is 0.545 e. The Morgan fingerprint density at radius 3 is 2.70 bits per heavy atom. The lowest BCUT2D eigenvalue weighted by Gasteiger charge is -2.38. The van der Waals surface area contributed by atoms with E-state index < -0.39 is 5.97 Å². The van der Waals surface area contributed by atoms with Crippen LogP contribution >= 0.6 is 0 Å². The number of fused-ring (bicyclic) bond motifs is 3. The lowest BCUT2D eigenvalue weighted by Crippen LogP contribution is -2.32. The summed E-state index contributed by atoms with van der Waals surface area (Å²) in [5.41, 5.74) is 2.19. The highest BCUT2D eigenvalue weighted by Gasteiger charge is 2.39. The quantitative estimate of drug-likeness (QED) is 0.868. The minimum Gasteiger partial charge on any atom is -0.545 e. The number of rotatable bonds is 2. The summed E-state index contributed by atoms with van der Waals surface area (Å²) in [5.74, 6) is -1.22. The molecule has 0 amide bonds. The molecule has 0 bridgehead atoms. The molecular weight excluding hydrogens is 293 g/mol. The first-order valence-electron chi connectivity index (χ1n) is 7.68. The van der Waals surface area contributed by atoms with Gasteiger partial charge in [0.1, 0.15) is 5.82 Å². The lowest BCUT2D eigenvalue weighted by molar-refractivity contribution is -0.254. The van der Waals surface area contributed by atoms with Gasteiger partial charge in [0.15, 0.2) is 0 Å². The standard InChI is InChI=1S/C19H16FNO2/c20-16-10-2-1-5-14(16)17-12-7-3-6-11(12)13-8-4-9-15(19(22)23)18(13)21-17/h1-6,8-12,17,21H,7H2,(H,22,23)/p-1/t11-,12+,17+/m0/s1. The molecule has 0 radical (unpaired) electrons. The summed E-state index contributed by atoms with van der Waals surface area (Å²) in [5, 5.41) is 14.7. The highest BCUT2D eigenvalue weighted by Crippen LogP contribution is 2.50. The van der Waals surface area contributed by atoms with Gasteiger partial charge in [0.2, 0.25) is 0 Å². The minimum absolute atomic E-state index is 0.0927. The molecule has 2 aromatic rings. The predicted octanol–water partition coefficient (Wildman–Crippen LogP) is 3.02. The second kappa shape index (κ2) is 5.23. The fraction of sp³-hybridized carbons (Fsp3) is 0.211. The molecule has 0 spiro atoms. The number of carbonyl (C=O) groups excluding carboxylic acids is 1. The summed E-state index contributed by atoms with van der Waals surface area (Å²) in [6.45, 7) is 0. The van der Waals surface area contributed by atoms with Crippen LogP contribution in [0.5, 0.6) is 0 Å². The monoisotopic (exact) mass is 308 g/mol. The molecule has 1 N–H and O–H groups in total. The first kappa shape index (κ1) is 14.0. The Hall–Kier alpha value is -2.62. The first-order valence-corrected chi connectivity index (χ1v) is 7.68. The number of anilines is 1. The third kappa shape index (κ3) is 2.13. The number of hydrogen-bond donors (Lipinski definition) is 1. The van der Waals surface area contributed by atoms with Crippen LogP contribution in [0, 0.1) is 11.7 Å². The van der Waals surface area contributed by atoms with Gasteiger partial charge in [0.05, 0.1) is 12.0 Å². The summed E-state index contributed by atoms with van der Waals surface area (Å²) >= 11 is 0.